The molecule has 1 saturated carbocycles. The molecule has 6 nitrogen and oxygen atoms in total. The minimum atomic E-state index is -3.27. The van der Waals surface area contributed by atoms with Gasteiger partial charge in [0.2, 0.25) is 0 Å². The zero-order valence-corrected chi connectivity index (χ0v) is 16.4. The third-order valence-electron chi connectivity index (χ3n) is 5.33. The van der Waals surface area contributed by atoms with Crippen LogP contribution in [0.5, 0.6) is 5.75 Å². The quantitative estimate of drug-likeness (QED) is 0.811. The number of hydrogen-bond donors (Lipinski definition) is 2. The normalized spacial score (nSPS) is 20.9. The second kappa shape index (κ2) is 7.83. The maximum Gasteiger partial charge on any atom is 0.319 e. The Kier molecular flexibility index (Phi) is 5.26. The Morgan fingerprint density at radius 2 is 1.68 bits per heavy atom. The topological polar surface area (TPSA) is 84.5 Å². The lowest BCUT2D eigenvalue weighted by Crippen LogP contribution is -2.36. The van der Waals surface area contributed by atoms with Crippen LogP contribution in [0, 0.1) is 0 Å². The van der Waals surface area contributed by atoms with Gasteiger partial charge in [-0.2, -0.15) is 0 Å². The fourth-order valence-corrected chi connectivity index (χ4v) is 5.50. The fraction of sp³-hybridized carbons (Fsp3) is 0.381. The van der Waals surface area contributed by atoms with Crippen molar-refractivity contribution >= 4 is 21.6 Å². The highest BCUT2D eigenvalue weighted by molar-refractivity contribution is 7.91. The number of anilines is 1. The molecule has 1 unspecified atom stereocenters. The smallest absolute Gasteiger partial charge is 0.319 e. The Balaban J connectivity index is 1.38. The van der Waals surface area contributed by atoms with Gasteiger partial charge in [0.05, 0.1) is 22.8 Å². The first-order valence-corrected chi connectivity index (χ1v) is 11.3. The van der Waals surface area contributed by atoms with Gasteiger partial charge in [-0.1, -0.05) is 18.2 Å². The molecule has 0 aromatic heterocycles. The zero-order chi connectivity index (χ0) is 19.6. The van der Waals surface area contributed by atoms with E-state index in [0.29, 0.717) is 28.7 Å². The van der Waals surface area contributed by atoms with E-state index in [-0.39, 0.29) is 17.8 Å². The van der Waals surface area contributed by atoms with Crippen molar-refractivity contribution in [3.8, 4) is 5.75 Å². The van der Waals surface area contributed by atoms with E-state index in [4.69, 9.17) is 4.74 Å². The molecule has 0 spiro atoms. The van der Waals surface area contributed by atoms with Crippen molar-refractivity contribution in [1.82, 2.24) is 5.32 Å². The third-order valence-corrected chi connectivity index (χ3v) is 7.14. The Bertz CT molecular complexity index is 951. The molecule has 148 valence electrons. The predicted molar refractivity (Wildman–Crippen MR) is 107 cm³/mol. The summed E-state index contributed by atoms with van der Waals surface area (Å²) in [5.41, 5.74) is 1.30. The summed E-state index contributed by atoms with van der Waals surface area (Å²) in [5.74, 6) is 0.839. The van der Waals surface area contributed by atoms with Gasteiger partial charge in [-0.05, 0) is 68.0 Å². The Labute approximate surface area is 165 Å². The molecule has 0 saturated heterocycles. The van der Waals surface area contributed by atoms with E-state index in [1.807, 2.05) is 24.3 Å². The molecule has 0 bridgehead atoms. The molecule has 1 aliphatic carbocycles. The maximum absolute atomic E-state index is 12.4. The van der Waals surface area contributed by atoms with E-state index in [1.54, 1.807) is 24.3 Å². The number of fused-ring (bicyclic) bond motifs is 1. The van der Waals surface area contributed by atoms with Crippen LogP contribution >= 0.6 is 0 Å². The molecule has 2 N–H and O–H groups in total. The minimum Gasteiger partial charge on any atom is -0.490 e. The Morgan fingerprint density at radius 1 is 0.964 bits per heavy atom. The number of benzene rings is 2. The zero-order valence-electron chi connectivity index (χ0n) is 15.6. The number of nitrogens with one attached hydrogen (secondary N) is 2. The van der Waals surface area contributed by atoms with Gasteiger partial charge in [-0.3, -0.25) is 0 Å². The molecular formula is C21H24N2O4S. The van der Waals surface area contributed by atoms with Gasteiger partial charge in [0, 0.05) is 5.69 Å². The molecule has 7 heteroatoms. The summed E-state index contributed by atoms with van der Waals surface area (Å²) in [6.45, 7) is 0. The minimum absolute atomic E-state index is 0.0299. The molecule has 1 heterocycles. The molecule has 2 aromatic carbocycles. The average molecular weight is 401 g/mol. The van der Waals surface area contributed by atoms with Crippen molar-refractivity contribution in [1.29, 1.82) is 0 Å². The third kappa shape index (κ3) is 4.14. The van der Waals surface area contributed by atoms with Crippen LogP contribution in [0.3, 0.4) is 0 Å². The summed E-state index contributed by atoms with van der Waals surface area (Å²) in [7, 11) is -3.27. The Morgan fingerprint density at radius 3 is 2.43 bits per heavy atom. The van der Waals surface area contributed by atoms with Crippen LogP contribution in [0.15, 0.2) is 53.4 Å². The van der Waals surface area contributed by atoms with E-state index in [0.717, 1.165) is 18.6 Å². The SMILES string of the molecule is O=C(Nc1ccc(OC2CCCC2)cc1)NC1CCS(=O)(=O)c2ccccc21. The van der Waals surface area contributed by atoms with Gasteiger partial charge in [-0.15, -0.1) is 0 Å². The predicted octanol–water partition coefficient (Wildman–Crippen LogP) is 4.05. The van der Waals surface area contributed by atoms with Crippen LogP contribution < -0.4 is 15.4 Å². The molecule has 2 aliphatic rings. The van der Waals surface area contributed by atoms with Crippen LogP contribution in [0.25, 0.3) is 0 Å². The van der Waals surface area contributed by atoms with Crippen molar-refractivity contribution < 1.29 is 17.9 Å². The van der Waals surface area contributed by atoms with Gasteiger partial charge in [0.15, 0.2) is 9.84 Å². The van der Waals surface area contributed by atoms with Crippen molar-refractivity contribution in [2.45, 2.75) is 49.1 Å². The van der Waals surface area contributed by atoms with Gasteiger partial charge in [-0.25, -0.2) is 13.2 Å². The summed E-state index contributed by atoms with van der Waals surface area (Å²) in [4.78, 5) is 12.7. The van der Waals surface area contributed by atoms with Crippen LogP contribution in [0.2, 0.25) is 0 Å². The highest BCUT2D eigenvalue weighted by Gasteiger charge is 2.30. The standard InChI is InChI=1S/C21H24N2O4S/c24-21(22-15-9-11-17(12-10-15)27-16-5-1-2-6-16)23-19-13-14-28(25,26)20-8-4-3-7-18(19)20/h3-4,7-12,16,19H,1-2,5-6,13-14H2,(H2,22,23,24). The fourth-order valence-electron chi connectivity index (χ4n) is 3.88. The number of ether oxygens (including phenoxy) is 1. The molecule has 2 aromatic rings. The van der Waals surface area contributed by atoms with E-state index in [9.17, 15) is 13.2 Å². The number of urea groups is 1. The highest BCUT2D eigenvalue weighted by Crippen LogP contribution is 2.32. The molecule has 0 radical (unpaired) electrons. The monoisotopic (exact) mass is 400 g/mol. The van der Waals surface area contributed by atoms with Crippen LogP contribution in [0.4, 0.5) is 10.5 Å². The first kappa shape index (κ1) is 18.8. The number of hydrogen-bond acceptors (Lipinski definition) is 4. The van der Waals surface area contributed by atoms with Crippen LogP contribution in [0.1, 0.15) is 43.7 Å². The molecule has 1 atom stereocenters. The largest absolute Gasteiger partial charge is 0.490 e. The van der Waals surface area contributed by atoms with E-state index < -0.39 is 9.84 Å². The molecule has 28 heavy (non-hydrogen) atoms. The first-order chi connectivity index (χ1) is 13.5. The number of carbonyl (C=O) groups excluding carboxylic acids is 1. The van der Waals surface area contributed by atoms with Gasteiger partial charge in [0.1, 0.15) is 5.75 Å². The summed E-state index contributed by atoms with van der Waals surface area (Å²) >= 11 is 0. The van der Waals surface area contributed by atoms with Crippen LogP contribution in [-0.4, -0.2) is 26.3 Å². The van der Waals surface area contributed by atoms with E-state index in [1.165, 1.54) is 12.8 Å². The molecular weight excluding hydrogens is 376 g/mol. The first-order valence-electron chi connectivity index (χ1n) is 9.67. The molecule has 1 aliphatic heterocycles. The van der Waals surface area contributed by atoms with Crippen molar-refractivity contribution in [3.05, 3.63) is 54.1 Å². The van der Waals surface area contributed by atoms with Crippen LogP contribution in [-0.2, 0) is 9.84 Å². The Hall–Kier alpha value is -2.54. The summed E-state index contributed by atoms with van der Waals surface area (Å²) < 4.78 is 30.4. The summed E-state index contributed by atoms with van der Waals surface area (Å²) in [5, 5.41) is 5.70. The van der Waals surface area contributed by atoms with Gasteiger partial charge in [0.25, 0.3) is 0 Å². The molecule has 1 fully saturated rings. The summed E-state index contributed by atoms with van der Waals surface area (Å²) in [6, 6.07) is 13.5. The average Bonchev–Trinajstić information content (AvgIpc) is 3.19. The van der Waals surface area contributed by atoms with Crippen molar-refractivity contribution in [2.24, 2.45) is 0 Å². The number of amides is 2. The van der Waals surface area contributed by atoms with Crippen molar-refractivity contribution in [3.63, 3.8) is 0 Å². The van der Waals surface area contributed by atoms with Gasteiger partial charge >= 0.3 is 6.03 Å². The molecule has 4 rings (SSSR count). The highest BCUT2D eigenvalue weighted by atomic mass is 32.2. The number of carbonyl (C=O) groups is 1. The maximum atomic E-state index is 12.4. The summed E-state index contributed by atoms with van der Waals surface area (Å²) in [6.07, 6.45) is 5.29. The lowest BCUT2D eigenvalue weighted by Gasteiger charge is -2.26. The van der Waals surface area contributed by atoms with E-state index >= 15 is 0 Å². The van der Waals surface area contributed by atoms with E-state index in [2.05, 4.69) is 10.6 Å². The van der Waals surface area contributed by atoms with Gasteiger partial charge < -0.3 is 15.4 Å². The number of sulfone groups is 1. The lowest BCUT2D eigenvalue weighted by atomic mass is 10.0. The second-order valence-corrected chi connectivity index (χ2v) is 9.42. The second-order valence-electron chi connectivity index (χ2n) is 7.35. The molecule has 2 amide bonds. The van der Waals surface area contributed by atoms with Crippen molar-refractivity contribution in [2.75, 3.05) is 11.1 Å². The lowest BCUT2D eigenvalue weighted by molar-refractivity contribution is 0.210. The number of rotatable bonds is 4.